The van der Waals surface area contributed by atoms with Crippen LogP contribution in [0.5, 0.6) is 0 Å². The maximum absolute atomic E-state index is 13.1. The van der Waals surface area contributed by atoms with Crippen molar-refractivity contribution in [3.63, 3.8) is 0 Å². The standard InChI is InChI=1S/C14H23FN2O/c1-2-7-17(9-10-18)8-6-14(16)12-4-3-5-13(15)11-12/h3-5,11,14,18H,2,6-10,16H2,1H3. The SMILES string of the molecule is CCCN(CCO)CCC(N)c1cccc(F)c1. The maximum Gasteiger partial charge on any atom is 0.123 e. The molecule has 0 radical (unpaired) electrons. The summed E-state index contributed by atoms with van der Waals surface area (Å²) in [6.45, 7) is 4.72. The highest BCUT2D eigenvalue weighted by Crippen LogP contribution is 2.15. The third kappa shape index (κ3) is 5.12. The fourth-order valence-electron chi connectivity index (χ4n) is 2.02. The van der Waals surface area contributed by atoms with E-state index >= 15 is 0 Å². The van der Waals surface area contributed by atoms with Crippen LogP contribution in [0.1, 0.15) is 31.4 Å². The first-order valence-electron chi connectivity index (χ1n) is 6.51. The average molecular weight is 254 g/mol. The first-order valence-corrected chi connectivity index (χ1v) is 6.51. The molecule has 1 aromatic rings. The minimum absolute atomic E-state index is 0.154. The predicted molar refractivity (Wildman–Crippen MR) is 71.8 cm³/mol. The first kappa shape index (κ1) is 15.1. The van der Waals surface area contributed by atoms with Gasteiger partial charge in [-0.05, 0) is 37.1 Å². The Balaban J connectivity index is 2.46. The number of nitrogens with zero attached hydrogens (tertiary/aromatic N) is 1. The van der Waals surface area contributed by atoms with Gasteiger partial charge in [-0.1, -0.05) is 19.1 Å². The lowest BCUT2D eigenvalue weighted by Gasteiger charge is -2.22. The van der Waals surface area contributed by atoms with Crippen LogP contribution in [0.4, 0.5) is 4.39 Å². The Morgan fingerprint density at radius 2 is 2.11 bits per heavy atom. The van der Waals surface area contributed by atoms with Gasteiger partial charge >= 0.3 is 0 Å². The number of nitrogens with two attached hydrogens (primary N) is 1. The van der Waals surface area contributed by atoms with E-state index in [2.05, 4.69) is 11.8 Å². The van der Waals surface area contributed by atoms with Crippen LogP contribution in [-0.4, -0.2) is 36.2 Å². The van der Waals surface area contributed by atoms with Gasteiger partial charge in [0, 0.05) is 19.1 Å². The van der Waals surface area contributed by atoms with E-state index < -0.39 is 0 Å². The van der Waals surface area contributed by atoms with Crippen LogP contribution in [0.25, 0.3) is 0 Å². The quantitative estimate of drug-likeness (QED) is 0.745. The minimum atomic E-state index is -0.247. The van der Waals surface area contributed by atoms with Gasteiger partial charge in [0.1, 0.15) is 5.82 Å². The van der Waals surface area contributed by atoms with Gasteiger partial charge in [0.05, 0.1) is 6.61 Å². The Bertz CT molecular complexity index is 340. The van der Waals surface area contributed by atoms with Crippen molar-refractivity contribution in [3.05, 3.63) is 35.6 Å². The molecule has 0 aliphatic heterocycles. The van der Waals surface area contributed by atoms with Gasteiger partial charge in [-0.25, -0.2) is 4.39 Å². The van der Waals surface area contributed by atoms with E-state index in [-0.39, 0.29) is 18.5 Å². The van der Waals surface area contributed by atoms with Crippen LogP contribution in [-0.2, 0) is 0 Å². The number of benzene rings is 1. The molecule has 0 fully saturated rings. The Morgan fingerprint density at radius 1 is 1.33 bits per heavy atom. The molecule has 0 aromatic heterocycles. The van der Waals surface area contributed by atoms with Crippen molar-refractivity contribution < 1.29 is 9.50 Å². The summed E-state index contributed by atoms with van der Waals surface area (Å²) in [5.41, 5.74) is 6.88. The fraction of sp³-hybridized carbons (Fsp3) is 0.571. The topological polar surface area (TPSA) is 49.5 Å². The van der Waals surface area contributed by atoms with E-state index in [0.29, 0.717) is 6.54 Å². The van der Waals surface area contributed by atoms with Crippen LogP contribution < -0.4 is 5.73 Å². The van der Waals surface area contributed by atoms with Crippen molar-refractivity contribution in [2.24, 2.45) is 5.73 Å². The van der Waals surface area contributed by atoms with Crippen molar-refractivity contribution in [1.29, 1.82) is 0 Å². The van der Waals surface area contributed by atoms with Crippen molar-refractivity contribution in [2.75, 3.05) is 26.2 Å². The molecule has 0 saturated heterocycles. The molecule has 1 atom stereocenters. The highest BCUT2D eigenvalue weighted by molar-refractivity contribution is 5.19. The predicted octanol–water partition coefficient (Wildman–Crippen LogP) is 1.92. The van der Waals surface area contributed by atoms with E-state index in [9.17, 15) is 4.39 Å². The third-order valence-electron chi connectivity index (χ3n) is 2.99. The van der Waals surface area contributed by atoms with Gasteiger partial charge < -0.3 is 15.7 Å². The molecule has 1 unspecified atom stereocenters. The normalized spacial score (nSPS) is 12.9. The van der Waals surface area contributed by atoms with E-state index in [0.717, 1.165) is 31.5 Å². The van der Waals surface area contributed by atoms with Crippen molar-refractivity contribution in [2.45, 2.75) is 25.8 Å². The molecule has 102 valence electrons. The van der Waals surface area contributed by atoms with Gasteiger partial charge in [-0.2, -0.15) is 0 Å². The summed E-state index contributed by atoms with van der Waals surface area (Å²) in [7, 11) is 0. The zero-order valence-electron chi connectivity index (χ0n) is 11.0. The number of hydrogen-bond acceptors (Lipinski definition) is 3. The zero-order valence-corrected chi connectivity index (χ0v) is 11.0. The molecule has 0 saturated carbocycles. The highest BCUT2D eigenvalue weighted by Gasteiger charge is 2.09. The molecule has 1 rings (SSSR count). The van der Waals surface area contributed by atoms with E-state index in [1.165, 1.54) is 12.1 Å². The largest absolute Gasteiger partial charge is 0.395 e. The average Bonchev–Trinajstić information content (AvgIpc) is 2.36. The summed E-state index contributed by atoms with van der Waals surface area (Å²) >= 11 is 0. The number of aliphatic hydroxyl groups is 1. The van der Waals surface area contributed by atoms with Crippen LogP contribution in [0.3, 0.4) is 0 Å². The van der Waals surface area contributed by atoms with Crippen LogP contribution >= 0.6 is 0 Å². The second-order valence-corrected chi connectivity index (χ2v) is 4.52. The lowest BCUT2D eigenvalue weighted by Crippen LogP contribution is -2.30. The summed E-state index contributed by atoms with van der Waals surface area (Å²) in [6.07, 6.45) is 1.82. The van der Waals surface area contributed by atoms with E-state index in [1.807, 2.05) is 6.07 Å². The molecule has 18 heavy (non-hydrogen) atoms. The van der Waals surface area contributed by atoms with Crippen LogP contribution in [0.15, 0.2) is 24.3 Å². The van der Waals surface area contributed by atoms with Crippen LogP contribution in [0, 0.1) is 5.82 Å². The van der Waals surface area contributed by atoms with E-state index in [1.54, 1.807) is 6.07 Å². The van der Waals surface area contributed by atoms with E-state index in [4.69, 9.17) is 10.8 Å². The summed E-state index contributed by atoms with van der Waals surface area (Å²) in [5.74, 6) is -0.247. The fourth-order valence-corrected chi connectivity index (χ4v) is 2.02. The molecule has 0 amide bonds. The van der Waals surface area contributed by atoms with Crippen molar-refractivity contribution in [3.8, 4) is 0 Å². The van der Waals surface area contributed by atoms with Gasteiger partial charge in [0.2, 0.25) is 0 Å². The summed E-state index contributed by atoms with van der Waals surface area (Å²) in [5, 5.41) is 8.96. The lowest BCUT2D eigenvalue weighted by molar-refractivity contribution is 0.191. The maximum atomic E-state index is 13.1. The van der Waals surface area contributed by atoms with Crippen molar-refractivity contribution in [1.82, 2.24) is 4.90 Å². The lowest BCUT2D eigenvalue weighted by atomic mass is 10.0. The molecule has 3 N–H and O–H groups in total. The van der Waals surface area contributed by atoms with Gasteiger partial charge in [-0.15, -0.1) is 0 Å². The molecule has 0 heterocycles. The Kier molecular flexibility index (Phi) is 6.86. The van der Waals surface area contributed by atoms with Gasteiger partial charge in [0.25, 0.3) is 0 Å². The Labute approximate surface area is 108 Å². The Morgan fingerprint density at radius 3 is 2.72 bits per heavy atom. The first-order chi connectivity index (χ1) is 8.67. The molecular formula is C14H23FN2O. The summed E-state index contributed by atoms with van der Waals surface area (Å²) < 4.78 is 13.1. The highest BCUT2D eigenvalue weighted by atomic mass is 19.1. The second kappa shape index (κ2) is 8.19. The van der Waals surface area contributed by atoms with Gasteiger partial charge in [0.15, 0.2) is 0 Å². The van der Waals surface area contributed by atoms with Crippen molar-refractivity contribution >= 4 is 0 Å². The number of hydrogen-bond donors (Lipinski definition) is 2. The zero-order chi connectivity index (χ0) is 13.4. The van der Waals surface area contributed by atoms with Crippen LogP contribution in [0.2, 0.25) is 0 Å². The summed E-state index contributed by atoms with van der Waals surface area (Å²) in [6, 6.07) is 6.29. The number of aliphatic hydroxyl groups excluding tert-OH is 1. The molecular weight excluding hydrogens is 231 g/mol. The second-order valence-electron chi connectivity index (χ2n) is 4.52. The monoisotopic (exact) mass is 254 g/mol. The summed E-state index contributed by atoms with van der Waals surface area (Å²) in [4.78, 5) is 2.18. The Hall–Kier alpha value is -0.970. The number of rotatable bonds is 8. The minimum Gasteiger partial charge on any atom is -0.395 e. The molecule has 3 nitrogen and oxygen atoms in total. The molecule has 0 aliphatic carbocycles. The third-order valence-corrected chi connectivity index (χ3v) is 2.99. The molecule has 1 aromatic carbocycles. The molecule has 0 aliphatic rings. The number of halogens is 1. The smallest absolute Gasteiger partial charge is 0.123 e. The molecule has 0 spiro atoms. The molecule has 0 bridgehead atoms. The molecule has 4 heteroatoms. The van der Waals surface area contributed by atoms with Gasteiger partial charge in [-0.3, -0.25) is 0 Å².